The van der Waals surface area contributed by atoms with Crippen molar-refractivity contribution in [1.29, 1.82) is 0 Å². The number of alkyl halides is 1. The lowest BCUT2D eigenvalue weighted by molar-refractivity contribution is -0.0273. The van der Waals surface area contributed by atoms with E-state index in [2.05, 4.69) is 4.99 Å². The molecule has 22 heavy (non-hydrogen) atoms. The number of nitrogens with zero attached hydrogens (tertiary/aromatic N) is 1. The molecule has 2 saturated carbocycles. The van der Waals surface area contributed by atoms with E-state index in [1.165, 1.54) is 6.26 Å². The van der Waals surface area contributed by atoms with Gasteiger partial charge in [-0.05, 0) is 32.1 Å². The highest BCUT2D eigenvalue weighted by Crippen LogP contribution is 2.49. The number of hydrogen-bond acceptors (Lipinski definition) is 5. The number of aliphatic hydroxyl groups is 1. The Kier molecular flexibility index (Phi) is 4.23. The van der Waals surface area contributed by atoms with Crippen LogP contribution in [-0.2, 0) is 9.84 Å². The average molecular weight is 349 g/mol. The minimum absolute atomic E-state index is 0.00847. The molecule has 3 aliphatic rings. The van der Waals surface area contributed by atoms with E-state index in [1.54, 1.807) is 0 Å². The van der Waals surface area contributed by atoms with Gasteiger partial charge in [0.25, 0.3) is 0 Å². The second-order valence-electron chi connectivity index (χ2n) is 7.18. The van der Waals surface area contributed by atoms with Crippen molar-refractivity contribution in [3.8, 4) is 0 Å². The third kappa shape index (κ3) is 2.57. The summed E-state index contributed by atoms with van der Waals surface area (Å²) in [6.07, 6.45) is 6.70. The molecule has 6 atom stereocenters. The molecule has 3 rings (SSSR count). The van der Waals surface area contributed by atoms with Crippen LogP contribution >= 0.6 is 11.6 Å². The lowest BCUT2D eigenvalue weighted by Gasteiger charge is -2.45. The predicted molar refractivity (Wildman–Crippen MR) is 87.9 cm³/mol. The van der Waals surface area contributed by atoms with Crippen molar-refractivity contribution < 1.29 is 13.5 Å². The molecule has 0 amide bonds. The van der Waals surface area contributed by atoms with Crippen LogP contribution in [-0.4, -0.2) is 47.9 Å². The Balaban J connectivity index is 1.98. The summed E-state index contributed by atoms with van der Waals surface area (Å²) >= 11 is 6.30. The summed E-state index contributed by atoms with van der Waals surface area (Å²) in [5.74, 6) is -0.276. The van der Waals surface area contributed by atoms with Gasteiger partial charge >= 0.3 is 0 Å². The van der Waals surface area contributed by atoms with Crippen LogP contribution in [0.1, 0.15) is 44.9 Å². The first-order valence-corrected chi connectivity index (χ1v) is 10.5. The molecule has 0 saturated heterocycles. The molecule has 5 nitrogen and oxygen atoms in total. The summed E-state index contributed by atoms with van der Waals surface area (Å²) in [5, 5.41) is 10.9. The molecule has 0 spiro atoms. The Bertz CT molecular complexity index is 579. The summed E-state index contributed by atoms with van der Waals surface area (Å²) in [7, 11) is -3.23. The second kappa shape index (κ2) is 5.64. The van der Waals surface area contributed by atoms with Crippen LogP contribution in [0, 0.1) is 11.8 Å². The highest BCUT2D eigenvalue weighted by Gasteiger charge is 2.59. The van der Waals surface area contributed by atoms with Crippen LogP contribution in [0.25, 0.3) is 0 Å². The van der Waals surface area contributed by atoms with Gasteiger partial charge in [0.1, 0.15) is 11.4 Å². The van der Waals surface area contributed by atoms with Gasteiger partial charge in [0.05, 0.1) is 11.3 Å². The first-order chi connectivity index (χ1) is 10.2. The molecular weight excluding hydrogens is 324 g/mol. The van der Waals surface area contributed by atoms with E-state index in [9.17, 15) is 13.5 Å². The Morgan fingerprint density at radius 3 is 2.59 bits per heavy atom. The topological polar surface area (TPSA) is 92.8 Å². The molecule has 1 aliphatic heterocycles. The van der Waals surface area contributed by atoms with E-state index in [0.29, 0.717) is 19.3 Å². The van der Waals surface area contributed by atoms with Crippen LogP contribution in [0.3, 0.4) is 0 Å². The molecule has 0 aromatic rings. The molecule has 0 aromatic carbocycles. The van der Waals surface area contributed by atoms with E-state index in [0.717, 1.165) is 25.7 Å². The molecular formula is C15H25ClN2O3S. The first kappa shape index (κ1) is 16.5. The van der Waals surface area contributed by atoms with Crippen molar-refractivity contribution in [2.24, 2.45) is 22.6 Å². The van der Waals surface area contributed by atoms with Crippen molar-refractivity contribution in [3.05, 3.63) is 0 Å². The SMILES string of the molecule is CS(=O)(=O)C1CCCCC1C1(O)C(N)=NC2CCC(Cl)CC21. The highest BCUT2D eigenvalue weighted by molar-refractivity contribution is 7.91. The number of nitrogens with two attached hydrogens (primary N) is 1. The third-order valence-electron chi connectivity index (χ3n) is 5.85. The summed E-state index contributed by atoms with van der Waals surface area (Å²) in [6.45, 7) is 0. The largest absolute Gasteiger partial charge is 0.385 e. The Hall–Kier alpha value is -0.330. The number of sulfone groups is 1. The molecule has 0 aromatic heterocycles. The highest BCUT2D eigenvalue weighted by atomic mass is 35.5. The maximum Gasteiger partial charge on any atom is 0.150 e. The third-order valence-corrected chi connectivity index (χ3v) is 7.91. The van der Waals surface area contributed by atoms with Crippen molar-refractivity contribution in [2.75, 3.05) is 6.26 Å². The van der Waals surface area contributed by atoms with Gasteiger partial charge in [0, 0.05) is 23.5 Å². The van der Waals surface area contributed by atoms with Crippen molar-refractivity contribution in [1.82, 2.24) is 0 Å². The zero-order valence-electron chi connectivity index (χ0n) is 12.9. The molecule has 3 N–H and O–H groups in total. The van der Waals surface area contributed by atoms with Crippen molar-refractivity contribution >= 4 is 27.3 Å². The molecule has 6 unspecified atom stereocenters. The van der Waals surface area contributed by atoms with E-state index >= 15 is 0 Å². The Labute approximate surface area is 137 Å². The van der Waals surface area contributed by atoms with Gasteiger partial charge in [0.15, 0.2) is 9.84 Å². The number of halogens is 1. The number of hydrogen-bond donors (Lipinski definition) is 2. The van der Waals surface area contributed by atoms with Crippen LogP contribution in [0.4, 0.5) is 0 Å². The maximum absolute atomic E-state index is 12.2. The summed E-state index contributed by atoms with van der Waals surface area (Å²) in [4.78, 5) is 4.48. The van der Waals surface area contributed by atoms with E-state index in [-0.39, 0.29) is 29.1 Å². The van der Waals surface area contributed by atoms with Gasteiger partial charge in [-0.1, -0.05) is 12.8 Å². The van der Waals surface area contributed by atoms with Crippen molar-refractivity contribution in [3.63, 3.8) is 0 Å². The number of amidine groups is 1. The molecule has 0 radical (unpaired) electrons. The van der Waals surface area contributed by atoms with Crippen LogP contribution < -0.4 is 5.73 Å². The van der Waals surface area contributed by atoms with Gasteiger partial charge in [-0.15, -0.1) is 11.6 Å². The first-order valence-electron chi connectivity index (χ1n) is 8.13. The average Bonchev–Trinajstić information content (AvgIpc) is 2.71. The van der Waals surface area contributed by atoms with Crippen LogP contribution in [0.15, 0.2) is 4.99 Å². The van der Waals surface area contributed by atoms with Crippen molar-refractivity contribution in [2.45, 2.75) is 67.2 Å². The van der Waals surface area contributed by atoms with E-state index in [1.807, 2.05) is 0 Å². The Morgan fingerprint density at radius 1 is 1.23 bits per heavy atom. The fourth-order valence-electron chi connectivity index (χ4n) is 4.78. The maximum atomic E-state index is 12.2. The molecule has 7 heteroatoms. The van der Waals surface area contributed by atoms with Gasteiger partial charge in [-0.3, -0.25) is 4.99 Å². The van der Waals surface area contributed by atoms with E-state index in [4.69, 9.17) is 17.3 Å². The second-order valence-corrected chi connectivity index (χ2v) is 10.1. The van der Waals surface area contributed by atoms with Gasteiger partial charge in [-0.2, -0.15) is 0 Å². The fraction of sp³-hybridized carbons (Fsp3) is 0.933. The van der Waals surface area contributed by atoms with Gasteiger partial charge in [0.2, 0.25) is 0 Å². The molecule has 1 heterocycles. The zero-order chi connectivity index (χ0) is 16.1. The lowest BCUT2D eigenvalue weighted by atomic mass is 9.66. The molecule has 2 aliphatic carbocycles. The molecule has 2 fully saturated rings. The van der Waals surface area contributed by atoms with Gasteiger partial charge in [-0.25, -0.2) is 8.42 Å². The number of rotatable bonds is 2. The number of fused-ring (bicyclic) bond motifs is 1. The minimum atomic E-state index is -3.23. The normalized spacial score (nSPS) is 46.1. The summed E-state index contributed by atoms with van der Waals surface area (Å²) < 4.78 is 24.4. The zero-order valence-corrected chi connectivity index (χ0v) is 14.5. The number of aliphatic imine (C=N–C) groups is 1. The van der Waals surface area contributed by atoms with Crippen LogP contribution in [0.5, 0.6) is 0 Å². The predicted octanol–water partition coefficient (Wildman–Crippen LogP) is 1.47. The fourth-order valence-corrected chi connectivity index (χ4v) is 6.63. The summed E-state index contributed by atoms with van der Waals surface area (Å²) in [5.41, 5.74) is 4.80. The monoisotopic (exact) mass is 348 g/mol. The summed E-state index contributed by atoms with van der Waals surface area (Å²) in [6, 6.07) is -0.0119. The standard InChI is InChI=1S/C15H25ClN2O3S/c1-22(20,21)13-5-3-2-4-10(13)15(19)11-8-9(16)6-7-12(11)18-14(15)17/h9-13,19H,2-8H2,1H3,(H2,17,18). The van der Waals surface area contributed by atoms with E-state index < -0.39 is 20.7 Å². The lowest BCUT2D eigenvalue weighted by Crippen LogP contribution is -2.59. The van der Waals surface area contributed by atoms with Gasteiger partial charge < -0.3 is 10.8 Å². The quantitative estimate of drug-likeness (QED) is 0.739. The Morgan fingerprint density at radius 2 is 1.91 bits per heavy atom. The van der Waals surface area contributed by atoms with Crippen LogP contribution in [0.2, 0.25) is 0 Å². The molecule has 126 valence electrons. The smallest absolute Gasteiger partial charge is 0.150 e. The molecule has 0 bridgehead atoms. The minimum Gasteiger partial charge on any atom is -0.385 e.